The first-order valence-corrected chi connectivity index (χ1v) is 16.2. The SMILES string of the molecule is O=C1/C(=C/c2ccc(OCCCCN3CCOCC3)cc2)CCC/C1=C\c1ccc(OCCCCN2CCOCC2)cc1. The van der Waals surface area contributed by atoms with Crippen LogP contribution in [0.25, 0.3) is 12.2 Å². The fourth-order valence-corrected chi connectivity index (χ4v) is 5.81. The number of rotatable bonds is 14. The normalized spacial score (nSPS) is 20.5. The van der Waals surface area contributed by atoms with Crippen molar-refractivity contribution in [2.45, 2.75) is 44.9 Å². The molecule has 0 aromatic heterocycles. The van der Waals surface area contributed by atoms with Crippen molar-refractivity contribution >= 4 is 17.9 Å². The van der Waals surface area contributed by atoms with E-state index in [0.29, 0.717) is 0 Å². The van der Waals surface area contributed by atoms with E-state index in [9.17, 15) is 4.79 Å². The van der Waals surface area contributed by atoms with Crippen molar-refractivity contribution in [1.29, 1.82) is 0 Å². The monoisotopic (exact) mass is 588 g/mol. The molecule has 3 aliphatic rings. The number of benzene rings is 2. The number of Topliss-reactive ketones (excluding diaryl/α,β-unsaturated/α-hetero) is 1. The summed E-state index contributed by atoms with van der Waals surface area (Å²) in [5, 5.41) is 0. The molecular weight excluding hydrogens is 540 g/mol. The van der Waals surface area contributed by atoms with E-state index in [0.717, 1.165) is 158 Å². The van der Waals surface area contributed by atoms with Crippen LogP contribution in [0.2, 0.25) is 0 Å². The molecular formula is C36H48N2O5. The topological polar surface area (TPSA) is 60.5 Å². The lowest BCUT2D eigenvalue weighted by Crippen LogP contribution is -2.36. The molecule has 0 bridgehead atoms. The summed E-state index contributed by atoms with van der Waals surface area (Å²) >= 11 is 0. The summed E-state index contributed by atoms with van der Waals surface area (Å²) in [6.07, 6.45) is 11.0. The van der Waals surface area contributed by atoms with Gasteiger partial charge in [-0.25, -0.2) is 0 Å². The van der Waals surface area contributed by atoms with Crippen molar-refractivity contribution < 1.29 is 23.7 Å². The fraction of sp³-hybridized carbons (Fsp3) is 0.528. The molecule has 2 aliphatic heterocycles. The van der Waals surface area contributed by atoms with Crippen molar-refractivity contribution in [2.75, 3.05) is 78.9 Å². The standard InChI is InChI=1S/C36H48N2O5/c39-36-32(28-30-8-12-34(13-9-30)42-22-3-1-16-37-18-24-40-25-19-37)6-5-7-33(36)29-31-10-14-35(15-11-31)43-23-4-2-17-38-20-26-41-27-21-38/h8-15,28-29H,1-7,16-27H2/b32-28+,33-29+. The zero-order valence-electron chi connectivity index (χ0n) is 25.6. The minimum Gasteiger partial charge on any atom is -0.494 e. The molecule has 2 saturated heterocycles. The second kappa shape index (κ2) is 17.4. The average Bonchev–Trinajstić information content (AvgIpc) is 3.05. The molecule has 232 valence electrons. The lowest BCUT2D eigenvalue weighted by molar-refractivity contribution is -0.112. The molecule has 1 saturated carbocycles. The van der Waals surface area contributed by atoms with E-state index in [1.165, 1.54) is 0 Å². The van der Waals surface area contributed by atoms with Crippen LogP contribution in [-0.2, 0) is 14.3 Å². The lowest BCUT2D eigenvalue weighted by atomic mass is 9.87. The third-order valence-corrected chi connectivity index (χ3v) is 8.40. The number of carbonyl (C=O) groups excluding carboxylic acids is 1. The number of hydrogen-bond acceptors (Lipinski definition) is 7. The van der Waals surface area contributed by atoms with Gasteiger partial charge in [-0.2, -0.15) is 0 Å². The third-order valence-electron chi connectivity index (χ3n) is 8.40. The van der Waals surface area contributed by atoms with Gasteiger partial charge in [0.2, 0.25) is 0 Å². The number of ether oxygens (including phenoxy) is 4. The number of hydrogen-bond donors (Lipinski definition) is 0. The van der Waals surface area contributed by atoms with Crippen LogP contribution in [0.3, 0.4) is 0 Å². The Hall–Kier alpha value is -2.97. The Kier molecular flexibility index (Phi) is 12.7. The van der Waals surface area contributed by atoms with Gasteiger partial charge in [0.15, 0.2) is 5.78 Å². The third kappa shape index (κ3) is 10.6. The summed E-state index contributed by atoms with van der Waals surface area (Å²) in [4.78, 5) is 18.2. The second-order valence-electron chi connectivity index (χ2n) is 11.7. The highest BCUT2D eigenvalue weighted by molar-refractivity contribution is 6.13. The minimum atomic E-state index is 0.160. The summed E-state index contributed by atoms with van der Waals surface area (Å²) in [7, 11) is 0. The molecule has 0 N–H and O–H groups in total. The molecule has 3 fully saturated rings. The zero-order valence-corrected chi connectivity index (χ0v) is 25.6. The number of allylic oxidation sites excluding steroid dienone is 2. The van der Waals surface area contributed by atoms with Gasteiger partial charge < -0.3 is 18.9 Å². The molecule has 0 unspecified atom stereocenters. The highest BCUT2D eigenvalue weighted by atomic mass is 16.5. The first-order valence-electron chi connectivity index (χ1n) is 16.2. The van der Waals surface area contributed by atoms with Gasteiger partial charge in [-0.15, -0.1) is 0 Å². The van der Waals surface area contributed by atoms with Gasteiger partial charge in [-0.3, -0.25) is 14.6 Å². The molecule has 2 heterocycles. The van der Waals surface area contributed by atoms with Crippen molar-refractivity contribution in [3.8, 4) is 11.5 Å². The molecule has 0 spiro atoms. The van der Waals surface area contributed by atoms with Gasteiger partial charge in [0.05, 0.1) is 39.6 Å². The van der Waals surface area contributed by atoms with Crippen LogP contribution in [-0.4, -0.2) is 94.5 Å². The predicted molar refractivity (Wildman–Crippen MR) is 172 cm³/mol. The minimum absolute atomic E-state index is 0.160. The van der Waals surface area contributed by atoms with Crippen LogP contribution in [0.1, 0.15) is 56.1 Å². The van der Waals surface area contributed by atoms with E-state index >= 15 is 0 Å². The first kappa shape index (κ1) is 31.5. The summed E-state index contributed by atoms with van der Waals surface area (Å²) in [5.41, 5.74) is 3.84. The maximum absolute atomic E-state index is 13.3. The summed E-state index contributed by atoms with van der Waals surface area (Å²) in [6, 6.07) is 16.2. The van der Waals surface area contributed by atoms with Gasteiger partial charge in [-0.05, 0) is 106 Å². The number of unbranched alkanes of at least 4 members (excludes halogenated alkanes) is 2. The van der Waals surface area contributed by atoms with E-state index < -0.39 is 0 Å². The van der Waals surface area contributed by atoms with Crippen LogP contribution in [0.4, 0.5) is 0 Å². The van der Waals surface area contributed by atoms with Crippen molar-refractivity contribution in [2.24, 2.45) is 0 Å². The molecule has 2 aromatic rings. The van der Waals surface area contributed by atoms with E-state index in [1.807, 2.05) is 60.7 Å². The van der Waals surface area contributed by atoms with Crippen LogP contribution in [0.15, 0.2) is 59.7 Å². The van der Waals surface area contributed by atoms with Crippen LogP contribution < -0.4 is 9.47 Å². The van der Waals surface area contributed by atoms with Crippen molar-refractivity contribution in [3.05, 3.63) is 70.8 Å². The Morgan fingerprint density at radius 1 is 0.605 bits per heavy atom. The Bertz CT molecular complexity index is 1090. The molecule has 7 heteroatoms. The smallest absolute Gasteiger partial charge is 0.185 e. The Balaban J connectivity index is 1.04. The van der Waals surface area contributed by atoms with Crippen LogP contribution in [0, 0.1) is 0 Å². The summed E-state index contributed by atoms with van der Waals surface area (Å²) in [6.45, 7) is 11.2. The molecule has 7 nitrogen and oxygen atoms in total. The molecule has 43 heavy (non-hydrogen) atoms. The maximum atomic E-state index is 13.3. The second-order valence-corrected chi connectivity index (χ2v) is 11.7. The molecule has 1 aliphatic carbocycles. The highest BCUT2D eigenvalue weighted by Gasteiger charge is 2.20. The van der Waals surface area contributed by atoms with Gasteiger partial charge in [0.1, 0.15) is 11.5 Å². The molecule has 5 rings (SSSR count). The number of nitrogens with zero attached hydrogens (tertiary/aromatic N) is 2. The van der Waals surface area contributed by atoms with E-state index in [1.54, 1.807) is 0 Å². The predicted octanol–water partition coefficient (Wildman–Crippen LogP) is 5.89. The van der Waals surface area contributed by atoms with Crippen molar-refractivity contribution in [1.82, 2.24) is 9.80 Å². The Morgan fingerprint density at radius 3 is 1.44 bits per heavy atom. The first-order chi connectivity index (χ1) is 21.2. The number of morpholine rings is 2. The fourth-order valence-electron chi connectivity index (χ4n) is 5.81. The number of ketones is 1. The molecule has 0 amide bonds. The Labute approximate surface area is 257 Å². The molecule has 0 radical (unpaired) electrons. The zero-order chi connectivity index (χ0) is 29.5. The average molecular weight is 589 g/mol. The molecule has 2 aromatic carbocycles. The van der Waals surface area contributed by atoms with Crippen LogP contribution in [0.5, 0.6) is 11.5 Å². The van der Waals surface area contributed by atoms with E-state index in [-0.39, 0.29) is 5.78 Å². The molecule has 0 atom stereocenters. The largest absolute Gasteiger partial charge is 0.494 e. The van der Waals surface area contributed by atoms with Crippen LogP contribution >= 0.6 is 0 Å². The van der Waals surface area contributed by atoms with Gasteiger partial charge in [0, 0.05) is 37.3 Å². The maximum Gasteiger partial charge on any atom is 0.185 e. The van der Waals surface area contributed by atoms with E-state index in [2.05, 4.69) is 9.80 Å². The Morgan fingerprint density at radius 2 is 1.02 bits per heavy atom. The summed E-state index contributed by atoms with van der Waals surface area (Å²) in [5.74, 6) is 1.92. The van der Waals surface area contributed by atoms with Gasteiger partial charge in [0.25, 0.3) is 0 Å². The highest BCUT2D eigenvalue weighted by Crippen LogP contribution is 2.29. The summed E-state index contributed by atoms with van der Waals surface area (Å²) < 4.78 is 22.7. The lowest BCUT2D eigenvalue weighted by Gasteiger charge is -2.26. The quantitative estimate of drug-likeness (QED) is 0.202. The van der Waals surface area contributed by atoms with Crippen molar-refractivity contribution in [3.63, 3.8) is 0 Å². The van der Waals surface area contributed by atoms with Gasteiger partial charge in [-0.1, -0.05) is 24.3 Å². The van der Waals surface area contributed by atoms with E-state index in [4.69, 9.17) is 18.9 Å². The van der Waals surface area contributed by atoms with Gasteiger partial charge >= 0.3 is 0 Å². The number of carbonyl (C=O) groups is 1.